The van der Waals surface area contributed by atoms with Crippen LogP contribution >= 0.6 is 0 Å². The molecule has 0 aromatic carbocycles. The Hall–Kier alpha value is -0.140. The van der Waals surface area contributed by atoms with Crippen molar-refractivity contribution in [2.45, 2.75) is 60.3 Å². The highest BCUT2D eigenvalue weighted by Gasteiger charge is 2.22. The van der Waals surface area contributed by atoms with E-state index in [1.165, 1.54) is 0 Å². The van der Waals surface area contributed by atoms with Crippen LogP contribution in [0.1, 0.15) is 54.4 Å². The molecule has 0 heterocycles. The topological polar surface area (TPSA) is 0 Å². The molecule has 0 aliphatic rings. The smallest absolute Gasteiger partial charge is 0.207 e. The summed E-state index contributed by atoms with van der Waals surface area (Å²) in [6, 6.07) is 0. The van der Waals surface area contributed by atoms with E-state index in [2.05, 4.69) is 13.8 Å². The maximum atomic E-state index is 12.3. The number of rotatable bonds is 4. The number of alkyl halides is 2. The Morgan fingerprint density at radius 2 is 1.46 bits per heavy atom. The molecule has 0 saturated heterocycles. The van der Waals surface area contributed by atoms with Crippen LogP contribution in [-0.2, 0) is 0 Å². The predicted octanol–water partition coefficient (Wildman–Crippen LogP) is 4.74. The lowest BCUT2D eigenvalue weighted by Crippen LogP contribution is -2.13. The maximum absolute atomic E-state index is 12.3. The van der Waals surface area contributed by atoms with Crippen LogP contribution in [-0.4, -0.2) is 5.92 Å². The van der Waals surface area contributed by atoms with E-state index in [-0.39, 0.29) is 6.42 Å². The van der Waals surface area contributed by atoms with Crippen LogP contribution in [0.2, 0.25) is 0 Å². The molecule has 13 heavy (non-hydrogen) atoms. The first kappa shape index (κ1) is 15.3. The quantitative estimate of drug-likeness (QED) is 0.606. The van der Waals surface area contributed by atoms with Crippen molar-refractivity contribution in [2.24, 2.45) is 11.8 Å². The van der Waals surface area contributed by atoms with E-state index in [0.717, 1.165) is 6.92 Å². The first-order chi connectivity index (χ1) is 5.83. The molecule has 0 saturated carbocycles. The van der Waals surface area contributed by atoms with Gasteiger partial charge in [-0.25, -0.2) is 8.78 Å². The summed E-state index contributed by atoms with van der Waals surface area (Å²) in [7, 11) is 0. The summed E-state index contributed by atoms with van der Waals surface area (Å²) in [5.74, 6) is -1.57. The van der Waals surface area contributed by atoms with E-state index in [4.69, 9.17) is 0 Å². The van der Waals surface area contributed by atoms with Crippen LogP contribution in [0.25, 0.3) is 0 Å². The Balaban J connectivity index is 0. The second kappa shape index (κ2) is 7.28. The third kappa shape index (κ3) is 11.9. The average Bonchev–Trinajstić information content (AvgIpc) is 2.02. The van der Waals surface area contributed by atoms with Gasteiger partial charge in [-0.3, -0.25) is 0 Å². The zero-order valence-corrected chi connectivity index (χ0v) is 9.82. The van der Waals surface area contributed by atoms with Gasteiger partial charge in [0.1, 0.15) is 0 Å². The van der Waals surface area contributed by atoms with Gasteiger partial charge in [0.25, 0.3) is 0 Å². The molecule has 1 unspecified atom stereocenters. The van der Waals surface area contributed by atoms with Crippen molar-refractivity contribution in [3.63, 3.8) is 0 Å². The molecule has 0 bridgehead atoms. The van der Waals surface area contributed by atoms with Crippen molar-refractivity contribution in [1.29, 1.82) is 0 Å². The molecule has 0 aliphatic carbocycles. The molecule has 0 fully saturated rings. The van der Waals surface area contributed by atoms with Crippen molar-refractivity contribution >= 4 is 0 Å². The lowest BCUT2D eigenvalue weighted by molar-refractivity contribution is 0.00561. The van der Waals surface area contributed by atoms with Gasteiger partial charge >= 0.3 is 0 Å². The van der Waals surface area contributed by atoms with Crippen molar-refractivity contribution in [1.82, 2.24) is 0 Å². The highest BCUT2D eigenvalue weighted by molar-refractivity contribution is 4.63. The summed E-state index contributed by atoms with van der Waals surface area (Å²) < 4.78 is 24.7. The molecule has 0 aromatic rings. The minimum Gasteiger partial charge on any atom is -0.207 e. The second-order valence-electron chi connectivity index (χ2n) is 3.83. The Morgan fingerprint density at radius 3 is 1.69 bits per heavy atom. The number of halogens is 2. The molecule has 82 valence electrons. The summed E-state index contributed by atoms with van der Waals surface area (Å²) in [5, 5.41) is 0. The third-order valence-corrected chi connectivity index (χ3v) is 2.18. The Morgan fingerprint density at radius 1 is 1.08 bits per heavy atom. The monoisotopic (exact) mass is 194 g/mol. The molecule has 0 radical (unpaired) electrons. The van der Waals surface area contributed by atoms with E-state index in [1.54, 1.807) is 0 Å². The third-order valence-electron chi connectivity index (χ3n) is 2.18. The lowest BCUT2D eigenvalue weighted by atomic mass is 9.92. The lowest BCUT2D eigenvalue weighted by Gasteiger charge is -2.17. The fourth-order valence-corrected chi connectivity index (χ4v) is 0.814. The summed E-state index contributed by atoms with van der Waals surface area (Å²) >= 11 is 0. The van der Waals surface area contributed by atoms with E-state index in [0.29, 0.717) is 18.3 Å². The van der Waals surface area contributed by atoms with Crippen LogP contribution in [0, 0.1) is 11.8 Å². The van der Waals surface area contributed by atoms with Crippen LogP contribution in [0.3, 0.4) is 0 Å². The zero-order chi connectivity index (χ0) is 11.1. The van der Waals surface area contributed by atoms with Crippen LogP contribution in [0.15, 0.2) is 0 Å². The predicted molar refractivity (Wildman–Crippen MR) is 55.2 cm³/mol. The minimum atomic E-state index is -2.48. The Labute approximate surface area is 81.7 Å². The van der Waals surface area contributed by atoms with Crippen LogP contribution in [0.4, 0.5) is 8.78 Å². The number of hydrogen-bond acceptors (Lipinski definition) is 0. The minimum absolute atomic E-state index is 0.0202. The first-order valence-corrected chi connectivity index (χ1v) is 5.21. The summed E-state index contributed by atoms with van der Waals surface area (Å²) in [6.45, 7) is 11.1. The van der Waals surface area contributed by atoms with Gasteiger partial charge in [-0.15, -0.1) is 0 Å². The fraction of sp³-hybridized carbons (Fsp3) is 1.00. The zero-order valence-electron chi connectivity index (χ0n) is 9.82. The summed E-state index contributed by atoms with van der Waals surface area (Å²) in [4.78, 5) is 0. The largest absolute Gasteiger partial charge is 0.245 e. The van der Waals surface area contributed by atoms with Gasteiger partial charge in [0.15, 0.2) is 0 Å². The van der Waals surface area contributed by atoms with Gasteiger partial charge in [-0.1, -0.05) is 34.6 Å². The van der Waals surface area contributed by atoms with E-state index in [1.807, 2.05) is 20.8 Å². The number of hydrogen-bond donors (Lipinski definition) is 0. The molecular weight excluding hydrogens is 170 g/mol. The van der Waals surface area contributed by atoms with Crippen molar-refractivity contribution in [3.8, 4) is 0 Å². The van der Waals surface area contributed by atoms with E-state index >= 15 is 0 Å². The van der Waals surface area contributed by atoms with Gasteiger partial charge in [0.2, 0.25) is 5.92 Å². The molecule has 2 heteroatoms. The molecule has 0 amide bonds. The fourth-order valence-electron chi connectivity index (χ4n) is 0.814. The van der Waals surface area contributed by atoms with Crippen LogP contribution < -0.4 is 0 Å². The summed E-state index contributed by atoms with van der Waals surface area (Å²) in [6.07, 6.45) is 0.646. The highest BCUT2D eigenvalue weighted by atomic mass is 19.3. The van der Waals surface area contributed by atoms with Gasteiger partial charge in [0.05, 0.1) is 0 Å². The summed E-state index contributed by atoms with van der Waals surface area (Å²) in [5.41, 5.74) is 0. The van der Waals surface area contributed by atoms with Crippen LogP contribution in [0.5, 0.6) is 0 Å². The normalized spacial score (nSPS) is 13.6. The Bertz CT molecular complexity index is 103. The SMILES string of the molecule is CC.CC(C)C(C)CCC(C)(F)F. The van der Waals surface area contributed by atoms with Crippen molar-refractivity contribution in [3.05, 3.63) is 0 Å². The highest BCUT2D eigenvalue weighted by Crippen LogP contribution is 2.24. The van der Waals surface area contributed by atoms with E-state index in [9.17, 15) is 8.78 Å². The molecule has 0 spiro atoms. The molecular formula is C11H24F2. The average molecular weight is 194 g/mol. The molecule has 0 aromatic heterocycles. The second-order valence-corrected chi connectivity index (χ2v) is 3.83. The van der Waals surface area contributed by atoms with Crippen molar-refractivity contribution in [2.75, 3.05) is 0 Å². The maximum Gasteiger partial charge on any atom is 0.245 e. The van der Waals surface area contributed by atoms with E-state index < -0.39 is 5.92 Å². The molecule has 1 atom stereocenters. The van der Waals surface area contributed by atoms with Gasteiger partial charge in [0, 0.05) is 6.42 Å². The Kier molecular flexibility index (Phi) is 8.59. The van der Waals surface area contributed by atoms with Gasteiger partial charge in [-0.05, 0) is 25.2 Å². The van der Waals surface area contributed by atoms with Gasteiger partial charge < -0.3 is 0 Å². The standard InChI is InChI=1S/C9H18F2.C2H6/c1-7(2)8(3)5-6-9(4,10)11;1-2/h7-8H,5-6H2,1-4H3;1-2H3. The van der Waals surface area contributed by atoms with Crippen molar-refractivity contribution < 1.29 is 8.78 Å². The van der Waals surface area contributed by atoms with Gasteiger partial charge in [-0.2, -0.15) is 0 Å². The molecule has 0 rings (SSSR count). The molecule has 0 aliphatic heterocycles. The first-order valence-electron chi connectivity index (χ1n) is 5.21. The molecule has 0 nitrogen and oxygen atoms in total. The molecule has 0 N–H and O–H groups in total.